The number of para-hydroxylation sites is 1. The molecule has 4 nitrogen and oxygen atoms in total. The molecule has 0 unspecified atom stereocenters. The molecule has 0 N–H and O–H groups in total. The van der Waals surface area contributed by atoms with E-state index in [1.54, 1.807) is 24.3 Å². The average Bonchev–Trinajstić information content (AvgIpc) is 2.29. The van der Waals surface area contributed by atoms with Gasteiger partial charge in [0.05, 0.1) is 7.11 Å². The molecule has 0 saturated heterocycles. The van der Waals surface area contributed by atoms with Crippen LogP contribution in [0.2, 0.25) is 0 Å². The van der Waals surface area contributed by atoms with E-state index in [1.807, 2.05) is 6.92 Å². The van der Waals surface area contributed by atoms with Crippen LogP contribution in [0.5, 0.6) is 5.75 Å². The molecule has 0 radical (unpaired) electrons. The van der Waals surface area contributed by atoms with Gasteiger partial charge in [0, 0.05) is 6.42 Å². The van der Waals surface area contributed by atoms with Crippen molar-refractivity contribution in [3.8, 4) is 5.75 Å². The Morgan fingerprint density at radius 2 is 1.94 bits per heavy atom. The minimum Gasteiger partial charge on any atom is -0.496 e. The average molecular weight is 222 g/mol. The van der Waals surface area contributed by atoms with E-state index in [9.17, 15) is 9.59 Å². The van der Waals surface area contributed by atoms with Crippen molar-refractivity contribution >= 4 is 11.9 Å². The standard InChI is InChI=1S/C12H14O4/c1-3-6-11(13)16-12(14)9-7-4-5-8-10(9)15-2/h4-5,7-8H,3,6H2,1-2H3. The predicted molar refractivity (Wildman–Crippen MR) is 58.3 cm³/mol. The normalized spacial score (nSPS) is 9.62. The highest BCUT2D eigenvalue weighted by molar-refractivity contribution is 5.98. The molecule has 4 heteroatoms. The van der Waals surface area contributed by atoms with Gasteiger partial charge < -0.3 is 9.47 Å². The smallest absolute Gasteiger partial charge is 0.349 e. The number of carbonyl (C=O) groups excluding carboxylic acids is 2. The van der Waals surface area contributed by atoms with Crippen LogP contribution in [0.3, 0.4) is 0 Å². The van der Waals surface area contributed by atoms with E-state index in [-0.39, 0.29) is 12.0 Å². The van der Waals surface area contributed by atoms with E-state index < -0.39 is 11.9 Å². The zero-order valence-corrected chi connectivity index (χ0v) is 9.36. The number of benzene rings is 1. The van der Waals surface area contributed by atoms with Crippen molar-refractivity contribution in [1.82, 2.24) is 0 Å². The maximum Gasteiger partial charge on any atom is 0.349 e. The lowest BCUT2D eigenvalue weighted by Gasteiger charge is -2.06. The Morgan fingerprint density at radius 3 is 2.56 bits per heavy atom. The maximum absolute atomic E-state index is 11.6. The van der Waals surface area contributed by atoms with E-state index in [4.69, 9.17) is 4.74 Å². The summed E-state index contributed by atoms with van der Waals surface area (Å²) in [5, 5.41) is 0. The van der Waals surface area contributed by atoms with E-state index in [2.05, 4.69) is 4.74 Å². The molecular weight excluding hydrogens is 208 g/mol. The van der Waals surface area contributed by atoms with Gasteiger partial charge in [-0.2, -0.15) is 0 Å². The summed E-state index contributed by atoms with van der Waals surface area (Å²) in [5.74, 6) is -0.786. The maximum atomic E-state index is 11.6. The van der Waals surface area contributed by atoms with Crippen molar-refractivity contribution in [1.29, 1.82) is 0 Å². The van der Waals surface area contributed by atoms with Crippen LogP contribution < -0.4 is 4.74 Å². The van der Waals surface area contributed by atoms with Crippen LogP contribution >= 0.6 is 0 Å². The summed E-state index contributed by atoms with van der Waals surface area (Å²) in [7, 11) is 1.46. The predicted octanol–water partition coefficient (Wildman–Crippen LogP) is 2.18. The van der Waals surface area contributed by atoms with E-state index in [0.717, 1.165) is 0 Å². The highest BCUT2D eigenvalue weighted by Crippen LogP contribution is 2.18. The van der Waals surface area contributed by atoms with Crippen LogP contribution in [-0.2, 0) is 9.53 Å². The number of esters is 2. The van der Waals surface area contributed by atoms with E-state index >= 15 is 0 Å². The number of rotatable bonds is 4. The second kappa shape index (κ2) is 5.90. The van der Waals surface area contributed by atoms with Gasteiger partial charge in [-0.15, -0.1) is 0 Å². The van der Waals surface area contributed by atoms with Gasteiger partial charge in [0.15, 0.2) is 0 Å². The van der Waals surface area contributed by atoms with Gasteiger partial charge in [0.25, 0.3) is 0 Å². The van der Waals surface area contributed by atoms with E-state index in [0.29, 0.717) is 12.2 Å². The molecule has 0 bridgehead atoms. The quantitative estimate of drug-likeness (QED) is 0.578. The summed E-state index contributed by atoms with van der Waals surface area (Å²) in [6.07, 6.45) is 0.888. The van der Waals surface area contributed by atoms with Crippen LogP contribution in [0, 0.1) is 0 Å². The summed E-state index contributed by atoms with van der Waals surface area (Å²) in [5.41, 5.74) is 0.259. The molecule has 1 rings (SSSR count). The van der Waals surface area contributed by atoms with Crippen LogP contribution in [0.15, 0.2) is 24.3 Å². The number of hydrogen-bond acceptors (Lipinski definition) is 4. The van der Waals surface area contributed by atoms with E-state index in [1.165, 1.54) is 7.11 Å². The Hall–Kier alpha value is -1.84. The lowest BCUT2D eigenvalue weighted by Crippen LogP contribution is -2.12. The second-order valence-electron chi connectivity index (χ2n) is 3.21. The molecule has 16 heavy (non-hydrogen) atoms. The highest BCUT2D eigenvalue weighted by atomic mass is 16.6. The first-order valence-electron chi connectivity index (χ1n) is 5.07. The number of hydrogen-bond donors (Lipinski definition) is 0. The highest BCUT2D eigenvalue weighted by Gasteiger charge is 2.16. The summed E-state index contributed by atoms with van der Waals surface area (Å²) in [4.78, 5) is 22.7. The van der Waals surface area contributed by atoms with Crippen molar-refractivity contribution in [2.45, 2.75) is 19.8 Å². The molecule has 1 aromatic carbocycles. The van der Waals surface area contributed by atoms with Gasteiger partial charge in [-0.3, -0.25) is 4.79 Å². The van der Waals surface area contributed by atoms with Crippen LogP contribution in [0.4, 0.5) is 0 Å². The van der Waals surface area contributed by atoms with Gasteiger partial charge in [0.2, 0.25) is 0 Å². The lowest BCUT2D eigenvalue weighted by atomic mass is 10.2. The summed E-state index contributed by atoms with van der Waals surface area (Å²) in [6.45, 7) is 1.84. The van der Waals surface area contributed by atoms with Crippen LogP contribution in [-0.4, -0.2) is 19.0 Å². The van der Waals surface area contributed by atoms with Crippen molar-refractivity contribution in [3.63, 3.8) is 0 Å². The molecule has 86 valence electrons. The molecular formula is C12H14O4. The third-order valence-electron chi connectivity index (χ3n) is 1.99. The first-order chi connectivity index (χ1) is 7.69. The Balaban J connectivity index is 2.76. The SMILES string of the molecule is CCCC(=O)OC(=O)c1ccccc1OC. The van der Waals surface area contributed by atoms with Crippen molar-refractivity contribution in [2.24, 2.45) is 0 Å². The minimum absolute atomic E-state index is 0.237. The second-order valence-corrected chi connectivity index (χ2v) is 3.21. The molecule has 0 amide bonds. The first kappa shape index (κ1) is 12.2. The van der Waals surface area contributed by atoms with Crippen molar-refractivity contribution in [2.75, 3.05) is 7.11 Å². The molecule has 0 aliphatic heterocycles. The zero-order chi connectivity index (χ0) is 12.0. The molecule has 0 aliphatic carbocycles. The van der Waals surface area contributed by atoms with Crippen molar-refractivity contribution < 1.29 is 19.1 Å². The lowest BCUT2D eigenvalue weighted by molar-refractivity contribution is -0.137. The van der Waals surface area contributed by atoms with Gasteiger partial charge in [-0.1, -0.05) is 19.1 Å². The van der Waals surface area contributed by atoms with Crippen LogP contribution in [0.1, 0.15) is 30.1 Å². The Bertz CT molecular complexity index is 384. The molecule has 1 aromatic rings. The largest absolute Gasteiger partial charge is 0.496 e. The number of ether oxygens (including phenoxy) is 2. The van der Waals surface area contributed by atoms with Gasteiger partial charge >= 0.3 is 11.9 Å². The molecule has 0 aromatic heterocycles. The number of methoxy groups -OCH3 is 1. The zero-order valence-electron chi connectivity index (χ0n) is 9.36. The molecule has 0 spiro atoms. The monoisotopic (exact) mass is 222 g/mol. The molecule has 0 saturated carbocycles. The summed E-state index contributed by atoms with van der Waals surface area (Å²) >= 11 is 0. The Morgan fingerprint density at radius 1 is 1.25 bits per heavy atom. The fourth-order valence-electron chi connectivity index (χ4n) is 1.23. The van der Waals surface area contributed by atoms with Gasteiger partial charge in [0.1, 0.15) is 11.3 Å². The van der Waals surface area contributed by atoms with Gasteiger partial charge in [-0.25, -0.2) is 4.79 Å². The fourth-order valence-corrected chi connectivity index (χ4v) is 1.23. The topological polar surface area (TPSA) is 52.6 Å². The Labute approximate surface area is 94.2 Å². The molecule has 0 atom stereocenters. The molecule has 0 heterocycles. The Kier molecular flexibility index (Phi) is 4.51. The fraction of sp³-hybridized carbons (Fsp3) is 0.333. The first-order valence-corrected chi connectivity index (χ1v) is 5.07. The third-order valence-corrected chi connectivity index (χ3v) is 1.99. The van der Waals surface area contributed by atoms with Crippen LogP contribution in [0.25, 0.3) is 0 Å². The summed E-state index contributed by atoms with van der Waals surface area (Å²) in [6, 6.07) is 6.62. The minimum atomic E-state index is -0.670. The number of carbonyl (C=O) groups is 2. The third kappa shape index (κ3) is 3.08. The molecule has 0 aliphatic rings. The summed E-state index contributed by atoms with van der Waals surface area (Å²) < 4.78 is 9.66. The molecule has 0 fully saturated rings. The van der Waals surface area contributed by atoms with Crippen molar-refractivity contribution in [3.05, 3.63) is 29.8 Å². The van der Waals surface area contributed by atoms with Gasteiger partial charge in [-0.05, 0) is 18.6 Å².